The molecular weight excluding hydrogens is 324 g/mol. The fourth-order valence-electron chi connectivity index (χ4n) is 2.15. The van der Waals surface area contributed by atoms with Gasteiger partial charge in [0.2, 0.25) is 10.0 Å². The minimum Gasteiger partial charge on any atom is -0.480 e. The predicted molar refractivity (Wildman–Crippen MR) is 73.3 cm³/mol. The van der Waals surface area contributed by atoms with Gasteiger partial charge in [-0.05, 0) is 18.6 Å². The van der Waals surface area contributed by atoms with E-state index in [-0.39, 0.29) is 5.75 Å². The number of carbonyl (C=O) groups is 1. The van der Waals surface area contributed by atoms with E-state index in [1.54, 1.807) is 6.92 Å². The summed E-state index contributed by atoms with van der Waals surface area (Å²) >= 11 is 1.19. The van der Waals surface area contributed by atoms with Crippen LogP contribution in [0.5, 0.6) is 0 Å². The highest BCUT2D eigenvalue weighted by atomic mass is 32.2. The van der Waals surface area contributed by atoms with Gasteiger partial charge in [-0.15, -0.1) is 11.8 Å². The first-order chi connectivity index (χ1) is 9.78. The molecule has 2 unspecified atom stereocenters. The number of aliphatic carboxylic acids is 1. The van der Waals surface area contributed by atoms with Crippen LogP contribution in [-0.2, 0) is 14.8 Å². The molecule has 1 aromatic carbocycles. The van der Waals surface area contributed by atoms with E-state index in [1.165, 1.54) is 11.8 Å². The number of hydrogen-bond donors (Lipinski definition) is 1. The van der Waals surface area contributed by atoms with Crippen molar-refractivity contribution in [1.29, 1.82) is 0 Å². The number of nitrogens with zero attached hydrogens (tertiary/aromatic N) is 1. The molecule has 2 rings (SSSR count). The average Bonchev–Trinajstić information content (AvgIpc) is 2.82. The van der Waals surface area contributed by atoms with Crippen molar-refractivity contribution >= 4 is 27.8 Å². The van der Waals surface area contributed by atoms with Crippen molar-refractivity contribution in [2.45, 2.75) is 29.7 Å². The van der Waals surface area contributed by atoms with Crippen LogP contribution in [0.3, 0.4) is 0 Å². The Morgan fingerprint density at radius 2 is 2.14 bits per heavy atom. The second-order valence-electron chi connectivity index (χ2n) is 4.46. The summed E-state index contributed by atoms with van der Waals surface area (Å²) in [5.41, 5.74) is 0. The van der Waals surface area contributed by atoms with Crippen molar-refractivity contribution < 1.29 is 27.1 Å². The SMILES string of the molecule is CCC1SCC(C(=O)O)N1S(=O)(=O)c1ccc(F)cc1F. The maximum absolute atomic E-state index is 13.8. The first-order valence-corrected chi connectivity index (χ1v) is 8.61. The number of carboxylic acids is 1. The van der Waals surface area contributed by atoms with Gasteiger partial charge in [0.15, 0.2) is 0 Å². The third kappa shape index (κ3) is 2.90. The first-order valence-electron chi connectivity index (χ1n) is 6.12. The maximum Gasteiger partial charge on any atom is 0.322 e. The summed E-state index contributed by atoms with van der Waals surface area (Å²) in [4.78, 5) is 10.5. The summed E-state index contributed by atoms with van der Waals surface area (Å²) in [6, 6.07) is 0.853. The Morgan fingerprint density at radius 3 is 2.67 bits per heavy atom. The molecule has 5 nitrogen and oxygen atoms in total. The van der Waals surface area contributed by atoms with Crippen LogP contribution in [0.25, 0.3) is 0 Å². The Kier molecular flexibility index (Phi) is 4.54. The molecule has 0 aromatic heterocycles. The van der Waals surface area contributed by atoms with Crippen molar-refractivity contribution in [3.05, 3.63) is 29.8 Å². The van der Waals surface area contributed by atoms with E-state index >= 15 is 0 Å². The Morgan fingerprint density at radius 1 is 1.48 bits per heavy atom. The van der Waals surface area contributed by atoms with Gasteiger partial charge >= 0.3 is 5.97 Å². The smallest absolute Gasteiger partial charge is 0.322 e. The maximum atomic E-state index is 13.8. The van der Waals surface area contributed by atoms with E-state index in [0.29, 0.717) is 12.5 Å². The van der Waals surface area contributed by atoms with Gasteiger partial charge in [0, 0.05) is 11.8 Å². The van der Waals surface area contributed by atoms with Crippen LogP contribution >= 0.6 is 11.8 Å². The molecule has 21 heavy (non-hydrogen) atoms. The molecule has 1 fully saturated rings. The number of thioether (sulfide) groups is 1. The average molecular weight is 337 g/mol. The molecule has 1 heterocycles. The molecule has 1 aromatic rings. The van der Waals surface area contributed by atoms with Crippen molar-refractivity contribution in [2.24, 2.45) is 0 Å². The van der Waals surface area contributed by atoms with Crippen LogP contribution in [-0.4, -0.2) is 41.0 Å². The summed E-state index contributed by atoms with van der Waals surface area (Å²) in [5.74, 6) is -3.32. The van der Waals surface area contributed by atoms with Gasteiger partial charge in [-0.2, -0.15) is 4.31 Å². The Balaban J connectivity index is 2.52. The molecule has 1 N–H and O–H groups in total. The summed E-state index contributed by atoms with van der Waals surface area (Å²) in [7, 11) is -4.35. The largest absolute Gasteiger partial charge is 0.480 e. The first kappa shape index (κ1) is 16.2. The minimum absolute atomic E-state index is 0.0931. The molecule has 2 atom stereocenters. The molecular formula is C12H13F2NO4S2. The van der Waals surface area contributed by atoms with Gasteiger partial charge in [-0.1, -0.05) is 6.92 Å². The molecule has 116 valence electrons. The number of rotatable bonds is 4. The highest BCUT2D eigenvalue weighted by Gasteiger charge is 2.46. The highest BCUT2D eigenvalue weighted by molar-refractivity contribution is 8.01. The molecule has 1 aliphatic heterocycles. The summed E-state index contributed by atoms with van der Waals surface area (Å²) < 4.78 is 52.5. The second-order valence-corrected chi connectivity index (χ2v) is 7.48. The van der Waals surface area contributed by atoms with Crippen LogP contribution in [0, 0.1) is 11.6 Å². The Bertz CT molecular complexity index is 665. The van der Waals surface area contributed by atoms with Gasteiger partial charge < -0.3 is 5.11 Å². The lowest BCUT2D eigenvalue weighted by molar-refractivity contribution is -0.140. The highest BCUT2D eigenvalue weighted by Crippen LogP contribution is 2.36. The standard InChI is InChI=1S/C12H13F2NO4S2/c1-2-11-15(9(6-20-11)12(16)17)21(18,19)10-4-3-7(13)5-8(10)14/h3-5,9,11H,2,6H2,1H3,(H,16,17). The molecule has 0 amide bonds. The summed E-state index contributed by atoms with van der Waals surface area (Å²) in [5, 5.41) is 8.56. The van der Waals surface area contributed by atoms with Crippen LogP contribution in [0.4, 0.5) is 8.78 Å². The van der Waals surface area contributed by atoms with E-state index < -0.39 is 43.9 Å². The van der Waals surface area contributed by atoms with Crippen LogP contribution in [0.1, 0.15) is 13.3 Å². The molecule has 0 spiro atoms. The van der Waals surface area contributed by atoms with Crippen LogP contribution in [0.2, 0.25) is 0 Å². The number of sulfonamides is 1. The third-order valence-corrected chi connectivity index (χ3v) is 6.66. The van der Waals surface area contributed by atoms with E-state index in [9.17, 15) is 22.0 Å². The van der Waals surface area contributed by atoms with Crippen LogP contribution < -0.4 is 0 Å². The molecule has 1 saturated heterocycles. The van der Waals surface area contributed by atoms with Crippen LogP contribution in [0.15, 0.2) is 23.1 Å². The van der Waals surface area contributed by atoms with E-state index in [2.05, 4.69) is 0 Å². The predicted octanol–water partition coefficient (Wildman–Crippen LogP) is 1.89. The van der Waals surface area contributed by atoms with E-state index in [0.717, 1.165) is 16.4 Å². The van der Waals surface area contributed by atoms with Gasteiger partial charge in [0.25, 0.3) is 0 Å². The number of hydrogen-bond acceptors (Lipinski definition) is 4. The molecule has 0 saturated carbocycles. The van der Waals surface area contributed by atoms with Gasteiger partial charge in [0.1, 0.15) is 22.6 Å². The molecule has 1 aliphatic rings. The number of carboxylic acid groups (broad SMARTS) is 1. The Labute approximate surface area is 125 Å². The van der Waals surface area contributed by atoms with E-state index in [4.69, 9.17) is 5.11 Å². The zero-order chi connectivity index (χ0) is 15.8. The van der Waals surface area contributed by atoms with Crippen molar-refractivity contribution in [3.8, 4) is 0 Å². The topological polar surface area (TPSA) is 74.7 Å². The third-order valence-electron chi connectivity index (χ3n) is 3.12. The molecule has 0 bridgehead atoms. The lowest BCUT2D eigenvalue weighted by Crippen LogP contribution is -2.45. The zero-order valence-electron chi connectivity index (χ0n) is 11.0. The summed E-state index contributed by atoms with van der Waals surface area (Å²) in [6.45, 7) is 1.71. The minimum atomic E-state index is -4.35. The molecule has 0 aliphatic carbocycles. The summed E-state index contributed by atoms with van der Waals surface area (Å²) in [6.07, 6.45) is 0.385. The fraction of sp³-hybridized carbons (Fsp3) is 0.417. The second kappa shape index (κ2) is 5.90. The fourth-order valence-corrected chi connectivity index (χ4v) is 5.73. The normalized spacial score (nSPS) is 23.4. The molecule has 0 radical (unpaired) electrons. The number of benzene rings is 1. The van der Waals surface area contributed by atoms with Crippen molar-refractivity contribution in [3.63, 3.8) is 0 Å². The lowest BCUT2D eigenvalue weighted by Gasteiger charge is -2.25. The lowest BCUT2D eigenvalue weighted by atomic mass is 10.3. The van der Waals surface area contributed by atoms with Gasteiger partial charge in [-0.3, -0.25) is 4.79 Å². The zero-order valence-corrected chi connectivity index (χ0v) is 12.6. The Hall–Kier alpha value is -1.19. The van der Waals surface area contributed by atoms with E-state index in [1.807, 2.05) is 0 Å². The van der Waals surface area contributed by atoms with Gasteiger partial charge in [-0.25, -0.2) is 17.2 Å². The van der Waals surface area contributed by atoms with Crippen molar-refractivity contribution in [1.82, 2.24) is 4.31 Å². The molecule has 9 heteroatoms. The quantitative estimate of drug-likeness (QED) is 0.908. The van der Waals surface area contributed by atoms with Gasteiger partial charge in [0.05, 0.1) is 5.37 Å². The van der Waals surface area contributed by atoms with Crippen molar-refractivity contribution in [2.75, 3.05) is 5.75 Å². The monoisotopic (exact) mass is 337 g/mol. The number of halogens is 2.